The Kier molecular flexibility index (Phi) is 5.49. The van der Waals surface area contributed by atoms with Crippen molar-refractivity contribution in [1.82, 2.24) is 4.57 Å². The molecule has 0 amide bonds. The van der Waals surface area contributed by atoms with Crippen molar-refractivity contribution in [2.24, 2.45) is 0 Å². The van der Waals surface area contributed by atoms with Gasteiger partial charge in [-0.1, -0.05) is 53.6 Å². The quantitative estimate of drug-likeness (QED) is 0.380. The van der Waals surface area contributed by atoms with Crippen LogP contribution in [0.1, 0.15) is 16.8 Å². The number of aliphatic hydroxyl groups is 1. The number of halogens is 1. The fourth-order valence-electron chi connectivity index (χ4n) is 3.74. The maximum Gasteiger partial charge on any atom is 0.0839 e. The van der Waals surface area contributed by atoms with Crippen LogP contribution in [0.2, 0.25) is 5.02 Å². The highest BCUT2D eigenvalue weighted by Crippen LogP contribution is 2.37. The number of thioether (sulfide) groups is 1. The molecule has 2 nitrogen and oxygen atoms in total. The second-order valence-electron chi connectivity index (χ2n) is 6.91. The molecule has 0 radical (unpaired) electrons. The van der Waals surface area contributed by atoms with Gasteiger partial charge < -0.3 is 9.67 Å². The Hall–Kier alpha value is -2.20. The van der Waals surface area contributed by atoms with Gasteiger partial charge >= 0.3 is 0 Å². The summed E-state index contributed by atoms with van der Waals surface area (Å²) in [6, 6.07) is 22.9. The molecule has 0 fully saturated rings. The van der Waals surface area contributed by atoms with Crippen molar-refractivity contribution in [3.05, 3.63) is 88.6 Å². The molecule has 0 atom stereocenters. The van der Waals surface area contributed by atoms with Crippen molar-refractivity contribution >= 4 is 34.3 Å². The fraction of sp³-hybridized carbons (Fsp3) is 0.167. The van der Waals surface area contributed by atoms with Gasteiger partial charge in [-0.05, 0) is 54.6 Å². The number of hydrogen-bond donors (Lipinski definition) is 1. The van der Waals surface area contributed by atoms with E-state index in [-0.39, 0.29) is 6.61 Å². The summed E-state index contributed by atoms with van der Waals surface area (Å²) in [7, 11) is 0. The molecule has 3 aromatic carbocycles. The predicted molar refractivity (Wildman–Crippen MR) is 120 cm³/mol. The fourth-order valence-corrected chi connectivity index (χ4v) is 4.35. The zero-order chi connectivity index (χ0) is 19.7. The van der Waals surface area contributed by atoms with Gasteiger partial charge in [0, 0.05) is 32.9 Å². The standard InChI is InChI=1S/C24H22ClNOS/c1-16-7-12-22-20(13-16)24(17-8-10-19(28-2)11-9-17)23(15-27)26(22)14-18-5-3-4-6-21(18)25/h3-13,27H,14-15H2,1-2H3. The van der Waals surface area contributed by atoms with E-state index in [1.807, 2.05) is 24.3 Å². The van der Waals surface area contributed by atoms with Crippen LogP contribution in [-0.2, 0) is 13.2 Å². The lowest BCUT2D eigenvalue weighted by Gasteiger charge is -2.12. The summed E-state index contributed by atoms with van der Waals surface area (Å²) >= 11 is 8.15. The van der Waals surface area contributed by atoms with Crippen molar-refractivity contribution in [3.8, 4) is 11.1 Å². The Bertz CT molecular complexity index is 1130. The van der Waals surface area contributed by atoms with Crippen LogP contribution in [0.5, 0.6) is 0 Å². The number of aryl methyl sites for hydroxylation is 1. The van der Waals surface area contributed by atoms with E-state index in [0.29, 0.717) is 6.54 Å². The average molecular weight is 408 g/mol. The number of aliphatic hydroxyl groups excluding tert-OH is 1. The van der Waals surface area contributed by atoms with Gasteiger partial charge in [0.25, 0.3) is 0 Å². The monoisotopic (exact) mass is 407 g/mol. The third kappa shape index (κ3) is 3.46. The summed E-state index contributed by atoms with van der Waals surface area (Å²) in [6.07, 6.45) is 2.08. The second kappa shape index (κ2) is 8.04. The highest BCUT2D eigenvalue weighted by Gasteiger charge is 2.19. The molecule has 0 saturated carbocycles. The number of nitrogens with zero attached hydrogens (tertiary/aromatic N) is 1. The van der Waals surface area contributed by atoms with Gasteiger partial charge in [0.1, 0.15) is 0 Å². The van der Waals surface area contributed by atoms with E-state index in [0.717, 1.165) is 38.3 Å². The molecule has 0 aliphatic carbocycles. The van der Waals surface area contributed by atoms with Gasteiger partial charge in [-0.3, -0.25) is 0 Å². The van der Waals surface area contributed by atoms with Gasteiger partial charge in [-0.25, -0.2) is 0 Å². The third-order valence-corrected chi connectivity index (χ3v) is 6.25. The van der Waals surface area contributed by atoms with Gasteiger partial charge in [-0.15, -0.1) is 11.8 Å². The van der Waals surface area contributed by atoms with Crippen molar-refractivity contribution in [2.75, 3.05) is 6.26 Å². The van der Waals surface area contributed by atoms with Crippen LogP contribution in [0.4, 0.5) is 0 Å². The van der Waals surface area contributed by atoms with Crippen LogP contribution in [-0.4, -0.2) is 15.9 Å². The summed E-state index contributed by atoms with van der Waals surface area (Å²) in [5.41, 5.74) is 6.49. The second-order valence-corrected chi connectivity index (χ2v) is 8.19. The molecule has 0 bridgehead atoms. The van der Waals surface area contributed by atoms with E-state index in [1.165, 1.54) is 10.5 Å². The van der Waals surface area contributed by atoms with Gasteiger partial charge in [0.05, 0.1) is 12.3 Å². The Labute approximate surface area is 174 Å². The molecular formula is C24H22ClNOS. The first-order chi connectivity index (χ1) is 13.6. The van der Waals surface area contributed by atoms with E-state index in [4.69, 9.17) is 11.6 Å². The van der Waals surface area contributed by atoms with Crippen molar-refractivity contribution < 1.29 is 5.11 Å². The van der Waals surface area contributed by atoms with Gasteiger partial charge in [0.2, 0.25) is 0 Å². The van der Waals surface area contributed by atoms with E-state index < -0.39 is 0 Å². The molecule has 0 aliphatic heterocycles. The molecule has 0 saturated heterocycles. The minimum atomic E-state index is -0.0300. The van der Waals surface area contributed by atoms with E-state index >= 15 is 0 Å². The third-order valence-electron chi connectivity index (χ3n) is 5.14. The molecule has 1 aromatic heterocycles. The average Bonchev–Trinajstić information content (AvgIpc) is 3.02. The van der Waals surface area contributed by atoms with Crippen LogP contribution in [0.15, 0.2) is 71.6 Å². The Morgan fingerprint density at radius 1 is 1.00 bits per heavy atom. The SMILES string of the molecule is CSc1ccc(-c2c(CO)n(Cc3ccccc3Cl)c3ccc(C)cc23)cc1. The van der Waals surface area contributed by atoms with Crippen molar-refractivity contribution in [2.45, 2.75) is 25.0 Å². The highest BCUT2D eigenvalue weighted by molar-refractivity contribution is 7.98. The number of aromatic nitrogens is 1. The Balaban J connectivity index is 1.96. The first kappa shape index (κ1) is 19.1. The maximum absolute atomic E-state index is 10.3. The van der Waals surface area contributed by atoms with Gasteiger partial charge in [-0.2, -0.15) is 0 Å². The normalized spacial score (nSPS) is 11.3. The summed E-state index contributed by atoms with van der Waals surface area (Å²) < 4.78 is 2.19. The van der Waals surface area contributed by atoms with Crippen LogP contribution >= 0.6 is 23.4 Å². The highest BCUT2D eigenvalue weighted by atomic mass is 35.5. The topological polar surface area (TPSA) is 25.2 Å². The molecule has 4 rings (SSSR count). The minimum Gasteiger partial charge on any atom is -0.390 e. The Morgan fingerprint density at radius 3 is 2.43 bits per heavy atom. The largest absolute Gasteiger partial charge is 0.390 e. The molecule has 0 unspecified atom stereocenters. The summed E-state index contributed by atoms with van der Waals surface area (Å²) in [4.78, 5) is 1.23. The molecule has 142 valence electrons. The summed E-state index contributed by atoms with van der Waals surface area (Å²) in [6.45, 7) is 2.69. The number of fused-ring (bicyclic) bond motifs is 1. The molecule has 1 heterocycles. The zero-order valence-electron chi connectivity index (χ0n) is 15.9. The molecule has 0 aliphatic rings. The lowest BCUT2D eigenvalue weighted by molar-refractivity contribution is 0.273. The summed E-state index contributed by atoms with van der Waals surface area (Å²) in [5, 5.41) is 12.2. The molecule has 0 spiro atoms. The summed E-state index contributed by atoms with van der Waals surface area (Å²) in [5.74, 6) is 0. The minimum absolute atomic E-state index is 0.0300. The first-order valence-corrected chi connectivity index (χ1v) is 10.8. The van der Waals surface area contributed by atoms with Crippen LogP contribution in [0, 0.1) is 6.92 Å². The first-order valence-electron chi connectivity index (χ1n) is 9.22. The molecular weight excluding hydrogens is 386 g/mol. The molecule has 1 N–H and O–H groups in total. The molecule has 4 heteroatoms. The maximum atomic E-state index is 10.3. The van der Waals surface area contributed by atoms with Crippen molar-refractivity contribution in [1.29, 1.82) is 0 Å². The van der Waals surface area contributed by atoms with Gasteiger partial charge in [0.15, 0.2) is 0 Å². The lowest BCUT2D eigenvalue weighted by atomic mass is 10.0. The van der Waals surface area contributed by atoms with E-state index in [9.17, 15) is 5.11 Å². The molecule has 4 aromatic rings. The predicted octanol–water partition coefficient (Wildman–Crippen LogP) is 6.53. The lowest BCUT2D eigenvalue weighted by Crippen LogP contribution is -2.05. The van der Waals surface area contributed by atoms with Crippen LogP contribution in [0.3, 0.4) is 0 Å². The van der Waals surface area contributed by atoms with Crippen LogP contribution < -0.4 is 0 Å². The van der Waals surface area contributed by atoms with Crippen molar-refractivity contribution in [3.63, 3.8) is 0 Å². The van der Waals surface area contributed by atoms with Crippen LogP contribution in [0.25, 0.3) is 22.0 Å². The van der Waals surface area contributed by atoms with E-state index in [1.54, 1.807) is 11.8 Å². The number of rotatable bonds is 5. The number of hydrogen-bond acceptors (Lipinski definition) is 2. The number of benzene rings is 3. The Morgan fingerprint density at radius 2 is 1.75 bits per heavy atom. The van der Waals surface area contributed by atoms with E-state index in [2.05, 4.69) is 60.2 Å². The zero-order valence-corrected chi connectivity index (χ0v) is 17.5. The smallest absolute Gasteiger partial charge is 0.0839 e. The molecule has 28 heavy (non-hydrogen) atoms.